The normalized spacial score (nSPS) is 11.3. The summed E-state index contributed by atoms with van der Waals surface area (Å²) < 4.78 is 1.11. The van der Waals surface area contributed by atoms with Crippen LogP contribution in [0.1, 0.15) is 5.56 Å². The Morgan fingerprint density at radius 1 is 0.926 bits per heavy atom. The van der Waals surface area contributed by atoms with E-state index in [1.54, 1.807) is 17.5 Å². The zero-order valence-electron chi connectivity index (χ0n) is 14.7. The molecule has 0 unspecified atom stereocenters. The van der Waals surface area contributed by atoms with E-state index in [0.717, 1.165) is 49.2 Å². The van der Waals surface area contributed by atoms with E-state index in [4.69, 9.17) is 15.7 Å². The highest BCUT2D eigenvalue weighted by Gasteiger charge is 2.13. The Bertz CT molecular complexity index is 1290. The third-order valence-corrected chi connectivity index (χ3v) is 5.69. The molecular weight excluding hydrogens is 352 g/mol. The summed E-state index contributed by atoms with van der Waals surface area (Å²) in [5.41, 5.74) is 11.9. The number of benzene rings is 1. The molecule has 0 atom stereocenters. The predicted octanol–water partition coefficient (Wildman–Crippen LogP) is 5.46. The first kappa shape index (κ1) is 15.9. The van der Waals surface area contributed by atoms with Crippen LogP contribution in [0.5, 0.6) is 0 Å². The van der Waals surface area contributed by atoms with Crippen molar-refractivity contribution < 1.29 is 0 Å². The monoisotopic (exact) mass is 368 g/mol. The van der Waals surface area contributed by atoms with Gasteiger partial charge in [0.05, 0.1) is 11.4 Å². The fourth-order valence-electron chi connectivity index (χ4n) is 3.38. The molecule has 0 radical (unpaired) electrons. The second-order valence-electron chi connectivity index (χ2n) is 6.48. The number of nitrogen functional groups attached to an aromatic ring is 1. The Hall–Kier alpha value is -3.31. The molecule has 0 saturated heterocycles. The largest absolute Gasteiger partial charge is 0.383 e. The molecule has 5 heteroatoms. The van der Waals surface area contributed by atoms with E-state index in [1.165, 1.54) is 0 Å². The van der Waals surface area contributed by atoms with Gasteiger partial charge in [0.1, 0.15) is 5.82 Å². The van der Waals surface area contributed by atoms with Crippen LogP contribution in [0.2, 0.25) is 0 Å². The van der Waals surface area contributed by atoms with Crippen LogP contribution in [0, 0.1) is 6.92 Å². The van der Waals surface area contributed by atoms with E-state index in [1.807, 2.05) is 30.3 Å². The number of thiophene rings is 1. The maximum absolute atomic E-state index is 6.13. The van der Waals surface area contributed by atoms with Gasteiger partial charge in [-0.2, -0.15) is 0 Å². The number of nitrogens with two attached hydrogens (primary N) is 1. The summed E-state index contributed by atoms with van der Waals surface area (Å²) in [6.45, 7) is 2.10. The first-order chi connectivity index (χ1) is 13.2. The van der Waals surface area contributed by atoms with Gasteiger partial charge in [-0.3, -0.25) is 0 Å². The third kappa shape index (κ3) is 2.64. The van der Waals surface area contributed by atoms with Crippen LogP contribution >= 0.6 is 11.3 Å². The molecule has 0 aliphatic carbocycles. The van der Waals surface area contributed by atoms with Crippen LogP contribution in [0.15, 0.2) is 66.2 Å². The molecule has 0 amide bonds. The van der Waals surface area contributed by atoms with Crippen LogP contribution in [-0.2, 0) is 0 Å². The van der Waals surface area contributed by atoms with Crippen LogP contribution in [0.3, 0.4) is 0 Å². The summed E-state index contributed by atoms with van der Waals surface area (Å²) in [5, 5.41) is 4.11. The fraction of sp³-hybridized carbons (Fsp3) is 0.0455. The highest BCUT2D eigenvalue weighted by atomic mass is 32.1. The SMILES string of the molecule is Cc1cc(-c2ccccc2)nc2nc(-c3csc4ccnc(N)c34)ccc12. The molecule has 1 aromatic carbocycles. The maximum Gasteiger partial charge on any atom is 0.160 e. The summed E-state index contributed by atoms with van der Waals surface area (Å²) in [6.07, 6.45) is 1.74. The predicted molar refractivity (Wildman–Crippen MR) is 113 cm³/mol. The summed E-state index contributed by atoms with van der Waals surface area (Å²) in [6, 6.07) is 18.4. The van der Waals surface area contributed by atoms with E-state index in [2.05, 4.69) is 41.6 Å². The zero-order valence-corrected chi connectivity index (χ0v) is 15.5. The van der Waals surface area contributed by atoms with Crippen molar-refractivity contribution in [2.75, 3.05) is 5.73 Å². The molecule has 4 heterocycles. The smallest absolute Gasteiger partial charge is 0.160 e. The van der Waals surface area contributed by atoms with Gasteiger partial charge in [-0.15, -0.1) is 11.3 Å². The Kier molecular flexibility index (Phi) is 3.62. The van der Waals surface area contributed by atoms with Gasteiger partial charge < -0.3 is 5.73 Å². The Morgan fingerprint density at radius 2 is 1.74 bits per heavy atom. The molecule has 130 valence electrons. The van der Waals surface area contributed by atoms with Crippen molar-refractivity contribution >= 4 is 38.3 Å². The van der Waals surface area contributed by atoms with Gasteiger partial charge in [0, 0.05) is 38.2 Å². The van der Waals surface area contributed by atoms with Crippen LogP contribution in [0.4, 0.5) is 5.82 Å². The van der Waals surface area contributed by atoms with E-state index < -0.39 is 0 Å². The van der Waals surface area contributed by atoms with Crippen molar-refractivity contribution in [3.63, 3.8) is 0 Å². The fourth-order valence-corrected chi connectivity index (χ4v) is 4.33. The molecule has 4 nitrogen and oxygen atoms in total. The number of hydrogen-bond acceptors (Lipinski definition) is 5. The molecule has 0 aliphatic rings. The molecule has 2 N–H and O–H groups in total. The Balaban J connectivity index is 1.73. The summed E-state index contributed by atoms with van der Waals surface area (Å²) in [4.78, 5) is 13.9. The summed E-state index contributed by atoms with van der Waals surface area (Å²) >= 11 is 1.65. The topological polar surface area (TPSA) is 64.7 Å². The molecule has 0 aliphatic heterocycles. The zero-order chi connectivity index (χ0) is 18.4. The van der Waals surface area contributed by atoms with Crippen LogP contribution < -0.4 is 5.73 Å². The first-order valence-corrected chi connectivity index (χ1v) is 9.54. The van der Waals surface area contributed by atoms with E-state index >= 15 is 0 Å². The van der Waals surface area contributed by atoms with E-state index in [-0.39, 0.29) is 0 Å². The molecule has 0 fully saturated rings. The maximum atomic E-state index is 6.13. The minimum Gasteiger partial charge on any atom is -0.383 e. The van der Waals surface area contributed by atoms with Gasteiger partial charge in [0.25, 0.3) is 0 Å². The van der Waals surface area contributed by atoms with Crippen molar-refractivity contribution in [1.29, 1.82) is 0 Å². The molecular formula is C22H16N4S. The van der Waals surface area contributed by atoms with Gasteiger partial charge in [-0.1, -0.05) is 30.3 Å². The minimum atomic E-state index is 0.535. The molecule has 5 aromatic rings. The molecule has 0 spiro atoms. The number of aromatic nitrogens is 3. The lowest BCUT2D eigenvalue weighted by atomic mass is 10.1. The van der Waals surface area contributed by atoms with Crippen LogP contribution in [0.25, 0.3) is 43.6 Å². The number of aryl methyl sites for hydroxylation is 1. The molecule has 0 bridgehead atoms. The van der Waals surface area contributed by atoms with Crippen molar-refractivity contribution in [3.8, 4) is 22.5 Å². The lowest BCUT2D eigenvalue weighted by Crippen LogP contribution is -1.94. The highest BCUT2D eigenvalue weighted by Crippen LogP contribution is 2.36. The first-order valence-electron chi connectivity index (χ1n) is 8.66. The number of pyridine rings is 3. The third-order valence-electron chi connectivity index (χ3n) is 4.74. The van der Waals surface area contributed by atoms with Gasteiger partial charge in [0.2, 0.25) is 0 Å². The van der Waals surface area contributed by atoms with Crippen molar-refractivity contribution in [2.45, 2.75) is 6.92 Å². The lowest BCUT2D eigenvalue weighted by Gasteiger charge is -2.08. The number of fused-ring (bicyclic) bond motifs is 2. The standard InChI is InChI=1S/C22H16N4S/c1-13-11-18(14-5-3-2-4-6-14)26-22-15(13)7-8-17(25-22)16-12-27-19-9-10-24-21(23)20(16)19/h2-12H,1H3,(H2,23,24). The molecule has 27 heavy (non-hydrogen) atoms. The van der Waals surface area contributed by atoms with Gasteiger partial charge >= 0.3 is 0 Å². The average Bonchev–Trinajstić information content (AvgIpc) is 3.14. The second-order valence-corrected chi connectivity index (χ2v) is 7.39. The van der Waals surface area contributed by atoms with E-state index in [0.29, 0.717) is 5.82 Å². The Labute approximate surface area is 160 Å². The number of nitrogens with zero attached hydrogens (tertiary/aromatic N) is 3. The number of anilines is 1. The number of hydrogen-bond donors (Lipinski definition) is 1. The minimum absolute atomic E-state index is 0.535. The number of rotatable bonds is 2. The molecule has 0 saturated carbocycles. The second kappa shape index (κ2) is 6.14. The van der Waals surface area contributed by atoms with Gasteiger partial charge in [-0.25, -0.2) is 15.0 Å². The molecule has 4 aromatic heterocycles. The van der Waals surface area contributed by atoms with Crippen molar-refractivity contribution in [1.82, 2.24) is 15.0 Å². The Morgan fingerprint density at radius 3 is 2.59 bits per heavy atom. The summed E-state index contributed by atoms with van der Waals surface area (Å²) in [5.74, 6) is 0.535. The van der Waals surface area contributed by atoms with Gasteiger partial charge in [0.15, 0.2) is 5.65 Å². The lowest BCUT2D eigenvalue weighted by molar-refractivity contribution is 1.27. The van der Waals surface area contributed by atoms with Crippen molar-refractivity contribution in [2.24, 2.45) is 0 Å². The average molecular weight is 368 g/mol. The highest BCUT2D eigenvalue weighted by molar-refractivity contribution is 7.17. The van der Waals surface area contributed by atoms with Crippen LogP contribution in [-0.4, -0.2) is 15.0 Å². The van der Waals surface area contributed by atoms with E-state index in [9.17, 15) is 0 Å². The van der Waals surface area contributed by atoms with Gasteiger partial charge in [-0.05, 0) is 36.8 Å². The van der Waals surface area contributed by atoms with Crippen molar-refractivity contribution in [3.05, 3.63) is 71.7 Å². The molecule has 5 rings (SSSR count). The quantitative estimate of drug-likeness (QED) is 0.449. The summed E-state index contributed by atoms with van der Waals surface area (Å²) in [7, 11) is 0.